The maximum absolute atomic E-state index is 10.5. The first-order chi connectivity index (χ1) is 5.91. The van der Waals surface area contributed by atoms with E-state index in [4.69, 9.17) is 4.55 Å². The molecule has 1 aromatic heterocycles. The van der Waals surface area contributed by atoms with E-state index >= 15 is 0 Å². The largest absolute Gasteiger partial charge is 0.330 e. The Morgan fingerprint density at radius 2 is 1.77 bits per heavy atom. The van der Waals surface area contributed by atoms with Crippen molar-refractivity contribution in [3.05, 3.63) is 18.0 Å². The molecule has 0 radical (unpaired) electrons. The molecule has 0 bridgehead atoms. The fourth-order valence-electron chi connectivity index (χ4n) is 0.758. The average molecular weight is 202 g/mol. The minimum absolute atomic E-state index is 0.232. The van der Waals surface area contributed by atoms with E-state index in [1.54, 1.807) is 0 Å². The second-order valence-corrected chi connectivity index (χ2v) is 4.24. The zero-order chi connectivity index (χ0) is 10.1. The molecule has 0 spiro atoms. The van der Waals surface area contributed by atoms with Gasteiger partial charge in [0.05, 0.1) is 0 Å². The fourth-order valence-corrected chi connectivity index (χ4v) is 1.13. The summed E-state index contributed by atoms with van der Waals surface area (Å²) < 4.78 is 29.7. The molecule has 1 rings (SSSR count). The Morgan fingerprint density at radius 1 is 1.31 bits per heavy atom. The summed E-state index contributed by atoms with van der Waals surface area (Å²) in [6.45, 7) is 3.87. The summed E-state index contributed by atoms with van der Waals surface area (Å²) in [6.07, 6.45) is 2.78. The molecule has 0 aliphatic carbocycles. The summed E-state index contributed by atoms with van der Waals surface area (Å²) in [6, 6.07) is 0. The maximum Gasteiger partial charge on any atom is 0.330 e. The molecule has 0 atom stereocenters. The van der Waals surface area contributed by atoms with Crippen molar-refractivity contribution in [1.82, 2.24) is 9.97 Å². The van der Waals surface area contributed by atoms with Crippen molar-refractivity contribution in [3.8, 4) is 0 Å². The molecular weight excluding hydrogens is 192 g/mol. The Hall–Kier alpha value is -1.01. The topological polar surface area (TPSA) is 80.2 Å². The van der Waals surface area contributed by atoms with Crippen molar-refractivity contribution in [3.63, 3.8) is 0 Å². The van der Waals surface area contributed by atoms with Crippen LogP contribution in [-0.4, -0.2) is 22.9 Å². The van der Waals surface area contributed by atoms with Gasteiger partial charge in [-0.1, -0.05) is 13.8 Å². The van der Waals surface area contributed by atoms with Gasteiger partial charge in [0.15, 0.2) is 0 Å². The highest BCUT2D eigenvalue weighted by molar-refractivity contribution is 7.85. The van der Waals surface area contributed by atoms with Gasteiger partial charge in [-0.3, -0.25) is 4.55 Å². The van der Waals surface area contributed by atoms with Gasteiger partial charge in [0.1, 0.15) is 0 Å². The van der Waals surface area contributed by atoms with Crippen LogP contribution >= 0.6 is 0 Å². The molecule has 0 aromatic carbocycles. The highest BCUT2D eigenvalue weighted by atomic mass is 32.2. The van der Waals surface area contributed by atoms with Crippen molar-refractivity contribution >= 4 is 10.1 Å². The normalized spacial score (nSPS) is 12.0. The third kappa shape index (κ3) is 2.46. The molecule has 6 heteroatoms. The highest BCUT2D eigenvalue weighted by Gasteiger charge is 2.12. The van der Waals surface area contributed by atoms with E-state index in [2.05, 4.69) is 9.97 Å². The van der Waals surface area contributed by atoms with Crippen LogP contribution in [0.25, 0.3) is 0 Å². The van der Waals surface area contributed by atoms with E-state index in [0.29, 0.717) is 0 Å². The Morgan fingerprint density at radius 3 is 2.08 bits per heavy atom. The molecule has 0 aliphatic rings. The van der Waals surface area contributed by atoms with Crippen LogP contribution in [0.5, 0.6) is 0 Å². The first-order valence-electron chi connectivity index (χ1n) is 3.70. The molecule has 0 unspecified atom stereocenters. The number of aromatic nitrogens is 2. The van der Waals surface area contributed by atoms with Gasteiger partial charge >= 0.3 is 10.1 Å². The van der Waals surface area contributed by atoms with E-state index < -0.39 is 15.3 Å². The van der Waals surface area contributed by atoms with E-state index in [9.17, 15) is 8.42 Å². The monoisotopic (exact) mass is 202 g/mol. The van der Waals surface area contributed by atoms with Crippen LogP contribution in [0.3, 0.4) is 0 Å². The minimum Gasteiger partial charge on any atom is -0.279 e. The van der Waals surface area contributed by atoms with Crippen molar-refractivity contribution in [2.75, 3.05) is 0 Å². The summed E-state index contributed by atoms with van der Waals surface area (Å²) in [7, 11) is -4.27. The van der Waals surface area contributed by atoms with Gasteiger partial charge in [-0.25, -0.2) is 9.97 Å². The summed E-state index contributed by atoms with van der Waals surface area (Å²) in [5, 5.41) is -0.558. The van der Waals surface area contributed by atoms with Crippen LogP contribution in [0.4, 0.5) is 0 Å². The van der Waals surface area contributed by atoms with Crippen molar-refractivity contribution in [2.45, 2.75) is 24.9 Å². The second-order valence-electron chi connectivity index (χ2n) is 2.93. The number of hydrogen-bond donors (Lipinski definition) is 1. The van der Waals surface area contributed by atoms with Gasteiger partial charge in [0, 0.05) is 12.4 Å². The van der Waals surface area contributed by atoms with Gasteiger partial charge in [0.25, 0.3) is 5.16 Å². The van der Waals surface area contributed by atoms with E-state index in [1.165, 1.54) is 12.4 Å². The van der Waals surface area contributed by atoms with E-state index in [0.717, 1.165) is 5.56 Å². The lowest BCUT2D eigenvalue weighted by Gasteiger charge is -2.02. The molecule has 1 heterocycles. The minimum atomic E-state index is -4.27. The zero-order valence-electron chi connectivity index (χ0n) is 7.30. The van der Waals surface area contributed by atoms with Gasteiger partial charge < -0.3 is 0 Å². The molecule has 0 saturated heterocycles. The lowest BCUT2D eigenvalue weighted by atomic mass is 10.1. The smallest absolute Gasteiger partial charge is 0.279 e. The van der Waals surface area contributed by atoms with E-state index in [1.807, 2.05) is 13.8 Å². The van der Waals surface area contributed by atoms with E-state index in [-0.39, 0.29) is 5.92 Å². The Balaban J connectivity index is 3.08. The molecular formula is C7H10N2O3S. The SMILES string of the molecule is CC(C)c1cnc(S(=O)(=O)O)nc1. The van der Waals surface area contributed by atoms with Crippen molar-refractivity contribution < 1.29 is 13.0 Å². The van der Waals surface area contributed by atoms with Gasteiger partial charge in [-0.2, -0.15) is 8.42 Å². The Bertz CT molecular complexity index is 383. The molecule has 72 valence electrons. The molecule has 0 saturated carbocycles. The molecule has 5 nitrogen and oxygen atoms in total. The first-order valence-corrected chi connectivity index (χ1v) is 5.14. The quantitative estimate of drug-likeness (QED) is 0.568. The van der Waals surface area contributed by atoms with Crippen LogP contribution in [0.2, 0.25) is 0 Å². The second kappa shape index (κ2) is 3.39. The van der Waals surface area contributed by atoms with Crippen molar-refractivity contribution in [1.29, 1.82) is 0 Å². The number of hydrogen-bond acceptors (Lipinski definition) is 4. The van der Waals surface area contributed by atoms with Gasteiger partial charge in [-0.05, 0) is 11.5 Å². The van der Waals surface area contributed by atoms with Crippen LogP contribution in [0.15, 0.2) is 17.6 Å². The predicted octanol–water partition coefficient (Wildman–Crippen LogP) is 0.847. The zero-order valence-corrected chi connectivity index (χ0v) is 8.11. The molecule has 0 fully saturated rings. The molecule has 1 aromatic rings. The Labute approximate surface area is 76.6 Å². The maximum atomic E-state index is 10.5. The van der Waals surface area contributed by atoms with Crippen LogP contribution in [-0.2, 0) is 10.1 Å². The van der Waals surface area contributed by atoms with Gasteiger partial charge in [0.2, 0.25) is 0 Å². The average Bonchev–Trinajstić information content (AvgIpc) is 2.03. The summed E-state index contributed by atoms with van der Waals surface area (Å²) >= 11 is 0. The van der Waals surface area contributed by atoms with Crippen LogP contribution in [0.1, 0.15) is 25.3 Å². The number of rotatable bonds is 2. The summed E-state index contributed by atoms with van der Waals surface area (Å²) in [4.78, 5) is 7.04. The molecule has 13 heavy (non-hydrogen) atoms. The van der Waals surface area contributed by atoms with Crippen LogP contribution in [0, 0.1) is 0 Å². The van der Waals surface area contributed by atoms with Gasteiger partial charge in [-0.15, -0.1) is 0 Å². The highest BCUT2D eigenvalue weighted by Crippen LogP contribution is 2.11. The molecule has 1 N–H and O–H groups in total. The van der Waals surface area contributed by atoms with Crippen molar-refractivity contribution in [2.24, 2.45) is 0 Å². The third-order valence-corrected chi connectivity index (χ3v) is 2.22. The standard InChI is InChI=1S/C7H10N2O3S/c1-5(2)6-3-8-7(9-4-6)13(10,11)12/h3-5H,1-2H3,(H,10,11,12). The Kier molecular flexibility index (Phi) is 2.63. The lowest BCUT2D eigenvalue weighted by Crippen LogP contribution is -2.05. The molecule has 0 amide bonds. The first kappa shape index (κ1) is 10.1. The number of nitrogens with zero attached hydrogens (tertiary/aromatic N) is 2. The predicted molar refractivity (Wildman–Crippen MR) is 45.9 cm³/mol. The summed E-state index contributed by atoms with van der Waals surface area (Å²) in [5.41, 5.74) is 0.826. The summed E-state index contributed by atoms with van der Waals surface area (Å²) in [5.74, 6) is 0.232. The van der Waals surface area contributed by atoms with Crippen LogP contribution < -0.4 is 0 Å². The fraction of sp³-hybridized carbons (Fsp3) is 0.429. The molecule has 0 aliphatic heterocycles. The third-order valence-electron chi connectivity index (χ3n) is 1.55. The lowest BCUT2D eigenvalue weighted by molar-refractivity contribution is 0.473.